The van der Waals surface area contributed by atoms with Crippen molar-refractivity contribution in [3.8, 4) is 0 Å². The smallest absolute Gasteiger partial charge is 0.203 e. The van der Waals surface area contributed by atoms with Crippen molar-refractivity contribution in [3.63, 3.8) is 0 Å². The van der Waals surface area contributed by atoms with E-state index in [1.165, 1.54) is 19.3 Å². The zero-order chi connectivity index (χ0) is 11.5. The number of hydrogen-bond acceptors (Lipinski definition) is 2. The molecule has 3 nitrogen and oxygen atoms in total. The van der Waals surface area contributed by atoms with Crippen molar-refractivity contribution < 1.29 is 0 Å². The molecular weight excluding hydrogens is 198 g/mol. The number of aryl methyl sites for hydroxylation is 1. The minimum Gasteiger partial charge on any atom is -0.353 e. The van der Waals surface area contributed by atoms with E-state index in [2.05, 4.69) is 34.6 Å². The Morgan fingerprint density at radius 3 is 3.00 bits per heavy atom. The summed E-state index contributed by atoms with van der Waals surface area (Å²) >= 11 is 0. The van der Waals surface area contributed by atoms with Gasteiger partial charge in [-0.25, -0.2) is 4.98 Å². The zero-order valence-electron chi connectivity index (χ0n) is 10.2. The Labute approximate surface area is 97.6 Å². The van der Waals surface area contributed by atoms with Gasteiger partial charge in [-0.3, -0.25) is 0 Å². The summed E-state index contributed by atoms with van der Waals surface area (Å²) in [5.74, 6) is 1.81. The van der Waals surface area contributed by atoms with Gasteiger partial charge in [0.15, 0.2) is 0 Å². The van der Waals surface area contributed by atoms with E-state index in [0.29, 0.717) is 6.04 Å². The molecule has 1 aromatic rings. The molecule has 0 aromatic carbocycles. The maximum absolute atomic E-state index is 4.51. The molecule has 1 aliphatic carbocycles. The number of rotatable bonds is 5. The van der Waals surface area contributed by atoms with Crippen LogP contribution in [0.15, 0.2) is 18.9 Å². The van der Waals surface area contributed by atoms with Gasteiger partial charge in [0.05, 0.1) is 5.69 Å². The van der Waals surface area contributed by atoms with E-state index in [1.807, 2.05) is 13.0 Å². The van der Waals surface area contributed by atoms with E-state index in [4.69, 9.17) is 0 Å². The van der Waals surface area contributed by atoms with Crippen LogP contribution >= 0.6 is 0 Å². The second kappa shape index (κ2) is 4.73. The molecule has 1 saturated carbocycles. The summed E-state index contributed by atoms with van der Waals surface area (Å²) in [5.41, 5.74) is 1.06. The highest BCUT2D eigenvalue weighted by atomic mass is 15.2. The lowest BCUT2D eigenvalue weighted by Gasteiger charge is -2.32. The van der Waals surface area contributed by atoms with Crippen LogP contribution in [0, 0.1) is 12.8 Å². The molecule has 1 fully saturated rings. The standard InChI is InChI=1S/C13H21N3/c1-4-8-16-9-10(2)14-13(16)15-11(3)12-6-5-7-12/h4,9,11-12H,1,5-8H2,2-3H3,(H,14,15). The van der Waals surface area contributed by atoms with E-state index in [9.17, 15) is 0 Å². The summed E-state index contributed by atoms with van der Waals surface area (Å²) in [5, 5.41) is 3.52. The minimum atomic E-state index is 0.527. The van der Waals surface area contributed by atoms with Crippen LogP contribution < -0.4 is 5.32 Å². The first-order chi connectivity index (χ1) is 7.70. The number of nitrogens with one attached hydrogen (secondary N) is 1. The quantitative estimate of drug-likeness (QED) is 0.772. The fourth-order valence-electron chi connectivity index (χ4n) is 2.20. The van der Waals surface area contributed by atoms with Gasteiger partial charge in [0.25, 0.3) is 0 Å². The predicted molar refractivity (Wildman–Crippen MR) is 67.6 cm³/mol. The van der Waals surface area contributed by atoms with E-state index < -0.39 is 0 Å². The maximum Gasteiger partial charge on any atom is 0.203 e. The Balaban J connectivity index is 2.03. The molecule has 1 unspecified atom stereocenters. The van der Waals surface area contributed by atoms with Crippen LogP contribution in [0.4, 0.5) is 5.95 Å². The average Bonchev–Trinajstić information content (AvgIpc) is 2.44. The lowest BCUT2D eigenvalue weighted by atomic mass is 9.80. The lowest BCUT2D eigenvalue weighted by molar-refractivity contribution is 0.284. The fraction of sp³-hybridized carbons (Fsp3) is 0.615. The highest BCUT2D eigenvalue weighted by Crippen LogP contribution is 2.30. The summed E-state index contributed by atoms with van der Waals surface area (Å²) in [6.07, 6.45) is 8.07. The van der Waals surface area contributed by atoms with Crippen molar-refractivity contribution in [2.45, 2.75) is 45.7 Å². The Morgan fingerprint density at radius 2 is 2.44 bits per heavy atom. The van der Waals surface area contributed by atoms with E-state index in [0.717, 1.165) is 24.1 Å². The fourth-order valence-corrected chi connectivity index (χ4v) is 2.20. The Hall–Kier alpha value is -1.25. The Bertz CT molecular complexity index is 363. The maximum atomic E-state index is 4.51. The van der Waals surface area contributed by atoms with E-state index in [1.54, 1.807) is 0 Å². The molecule has 0 aliphatic heterocycles. The number of imidazole rings is 1. The van der Waals surface area contributed by atoms with E-state index in [-0.39, 0.29) is 0 Å². The SMILES string of the molecule is C=CCn1cc(C)nc1NC(C)C1CCC1. The number of nitrogens with zero attached hydrogens (tertiary/aromatic N) is 2. The summed E-state index contributed by atoms with van der Waals surface area (Å²) in [6.45, 7) is 8.87. The molecule has 0 saturated heterocycles. The molecule has 88 valence electrons. The summed E-state index contributed by atoms with van der Waals surface area (Å²) in [6, 6.07) is 0.527. The van der Waals surface area contributed by atoms with E-state index >= 15 is 0 Å². The van der Waals surface area contributed by atoms with Crippen molar-refractivity contribution in [1.29, 1.82) is 0 Å². The molecule has 0 amide bonds. The first kappa shape index (κ1) is 11.2. The van der Waals surface area contributed by atoms with Crippen molar-refractivity contribution >= 4 is 5.95 Å². The molecule has 1 aliphatic rings. The first-order valence-corrected chi connectivity index (χ1v) is 6.12. The van der Waals surface area contributed by atoms with Crippen molar-refractivity contribution in [2.75, 3.05) is 5.32 Å². The van der Waals surface area contributed by atoms with Gasteiger partial charge in [0, 0.05) is 18.8 Å². The highest BCUT2D eigenvalue weighted by molar-refractivity contribution is 5.30. The summed E-state index contributed by atoms with van der Waals surface area (Å²) in [4.78, 5) is 4.51. The second-order valence-corrected chi connectivity index (χ2v) is 4.77. The van der Waals surface area contributed by atoms with Gasteiger partial charge in [-0.2, -0.15) is 0 Å². The molecule has 0 bridgehead atoms. The highest BCUT2D eigenvalue weighted by Gasteiger charge is 2.24. The zero-order valence-corrected chi connectivity index (χ0v) is 10.2. The van der Waals surface area contributed by atoms with Gasteiger partial charge in [-0.1, -0.05) is 12.5 Å². The molecule has 0 spiro atoms. The normalized spacial score (nSPS) is 17.9. The van der Waals surface area contributed by atoms with Gasteiger partial charge in [-0.05, 0) is 32.6 Å². The number of aromatic nitrogens is 2. The summed E-state index contributed by atoms with van der Waals surface area (Å²) < 4.78 is 2.12. The van der Waals surface area contributed by atoms with Crippen LogP contribution in [0.5, 0.6) is 0 Å². The molecule has 0 radical (unpaired) electrons. The van der Waals surface area contributed by atoms with Crippen LogP contribution in [-0.2, 0) is 6.54 Å². The molecule has 1 heterocycles. The molecule has 16 heavy (non-hydrogen) atoms. The van der Waals surface area contributed by atoms with Crippen LogP contribution in [0.3, 0.4) is 0 Å². The largest absolute Gasteiger partial charge is 0.353 e. The average molecular weight is 219 g/mol. The monoisotopic (exact) mass is 219 g/mol. The third-order valence-corrected chi connectivity index (χ3v) is 3.44. The summed E-state index contributed by atoms with van der Waals surface area (Å²) in [7, 11) is 0. The predicted octanol–water partition coefficient (Wildman–Crippen LogP) is 2.98. The van der Waals surface area contributed by atoms with Gasteiger partial charge in [0.2, 0.25) is 5.95 Å². The number of anilines is 1. The second-order valence-electron chi connectivity index (χ2n) is 4.77. The van der Waals surface area contributed by atoms with Crippen molar-refractivity contribution in [1.82, 2.24) is 9.55 Å². The van der Waals surface area contributed by atoms with Crippen LogP contribution in [0.2, 0.25) is 0 Å². The Morgan fingerprint density at radius 1 is 1.69 bits per heavy atom. The molecule has 1 atom stereocenters. The molecule has 1 aromatic heterocycles. The van der Waals surface area contributed by atoms with Gasteiger partial charge < -0.3 is 9.88 Å². The lowest BCUT2D eigenvalue weighted by Crippen LogP contribution is -2.31. The van der Waals surface area contributed by atoms with Crippen LogP contribution in [0.25, 0.3) is 0 Å². The van der Waals surface area contributed by atoms with Crippen molar-refractivity contribution in [2.24, 2.45) is 5.92 Å². The van der Waals surface area contributed by atoms with Crippen molar-refractivity contribution in [3.05, 3.63) is 24.5 Å². The topological polar surface area (TPSA) is 29.9 Å². The third-order valence-electron chi connectivity index (χ3n) is 3.44. The van der Waals surface area contributed by atoms with Gasteiger partial charge in [0.1, 0.15) is 0 Å². The number of hydrogen-bond donors (Lipinski definition) is 1. The third kappa shape index (κ3) is 2.29. The number of allylic oxidation sites excluding steroid dienone is 1. The van der Waals surface area contributed by atoms with Crippen LogP contribution in [-0.4, -0.2) is 15.6 Å². The molecule has 1 N–H and O–H groups in total. The van der Waals surface area contributed by atoms with Crippen LogP contribution in [0.1, 0.15) is 31.9 Å². The minimum absolute atomic E-state index is 0.527. The molecule has 2 rings (SSSR count). The first-order valence-electron chi connectivity index (χ1n) is 6.12. The van der Waals surface area contributed by atoms with Gasteiger partial charge >= 0.3 is 0 Å². The molecular formula is C13H21N3. The molecule has 3 heteroatoms. The Kier molecular flexibility index (Phi) is 3.32. The van der Waals surface area contributed by atoms with Gasteiger partial charge in [-0.15, -0.1) is 6.58 Å².